The second-order valence-corrected chi connectivity index (χ2v) is 11.9. The van der Waals surface area contributed by atoms with E-state index in [0.717, 1.165) is 16.7 Å². The fourth-order valence-electron chi connectivity index (χ4n) is 6.88. The van der Waals surface area contributed by atoms with Crippen molar-refractivity contribution in [1.29, 1.82) is 0 Å². The summed E-state index contributed by atoms with van der Waals surface area (Å²) in [6, 6.07) is 24.7. The molecule has 1 N–H and O–H groups in total. The molecule has 204 valence electrons. The number of nitrogens with zero attached hydrogens (tertiary/aromatic N) is 1. The quantitative estimate of drug-likeness (QED) is 0.272. The van der Waals surface area contributed by atoms with Gasteiger partial charge >= 0.3 is 0 Å². The van der Waals surface area contributed by atoms with Gasteiger partial charge in [0.15, 0.2) is 11.6 Å². The lowest BCUT2D eigenvalue weighted by molar-refractivity contribution is -0.122. The number of amides is 1. The SMILES string of the molecule is CC(C)Oc1ccc(C(=O)C2C(C(=O)c3cccs3)N3C=Cc4ccccc4C3C23C(=O)Nc2ccccc23)cc1. The molecule has 1 amide bonds. The summed E-state index contributed by atoms with van der Waals surface area (Å²) in [5.74, 6) is -1.01. The lowest BCUT2D eigenvalue weighted by Crippen LogP contribution is -2.49. The Labute approximate surface area is 242 Å². The number of benzene rings is 3. The van der Waals surface area contributed by atoms with Crippen LogP contribution in [0.3, 0.4) is 0 Å². The van der Waals surface area contributed by atoms with E-state index in [-0.39, 0.29) is 23.6 Å². The van der Waals surface area contributed by atoms with Crippen molar-refractivity contribution in [1.82, 2.24) is 4.90 Å². The van der Waals surface area contributed by atoms with Gasteiger partial charge in [-0.15, -0.1) is 11.3 Å². The van der Waals surface area contributed by atoms with Crippen LogP contribution in [0.4, 0.5) is 5.69 Å². The summed E-state index contributed by atoms with van der Waals surface area (Å²) in [4.78, 5) is 46.2. The van der Waals surface area contributed by atoms with Gasteiger partial charge in [0.2, 0.25) is 5.91 Å². The second kappa shape index (κ2) is 9.56. The Balaban J connectivity index is 1.48. The first-order valence-corrected chi connectivity index (χ1v) is 14.6. The van der Waals surface area contributed by atoms with Gasteiger partial charge in [0, 0.05) is 17.5 Å². The molecule has 0 aliphatic carbocycles. The Hall–Kier alpha value is -4.49. The highest BCUT2D eigenvalue weighted by Crippen LogP contribution is 2.62. The number of fused-ring (bicyclic) bond motifs is 6. The number of ketones is 2. The molecule has 3 aliphatic rings. The average molecular weight is 561 g/mol. The molecule has 1 fully saturated rings. The zero-order chi connectivity index (χ0) is 28.3. The Morgan fingerprint density at radius 3 is 2.44 bits per heavy atom. The summed E-state index contributed by atoms with van der Waals surface area (Å²) in [5.41, 5.74) is 2.40. The van der Waals surface area contributed by atoms with Crippen molar-refractivity contribution in [2.75, 3.05) is 5.32 Å². The molecule has 0 bridgehead atoms. The minimum absolute atomic E-state index is 0.0103. The lowest BCUT2D eigenvalue weighted by atomic mass is 9.63. The Kier molecular flexibility index (Phi) is 5.94. The van der Waals surface area contributed by atoms with E-state index in [1.165, 1.54) is 11.3 Å². The summed E-state index contributed by atoms with van der Waals surface area (Å²) < 4.78 is 5.81. The molecule has 4 atom stereocenters. The number of ether oxygens (including phenoxy) is 1. The van der Waals surface area contributed by atoms with Gasteiger partial charge in [0.1, 0.15) is 17.2 Å². The molecule has 1 aromatic heterocycles. The van der Waals surface area contributed by atoms with Crippen molar-refractivity contribution >= 4 is 40.6 Å². The highest BCUT2D eigenvalue weighted by atomic mass is 32.1. The van der Waals surface area contributed by atoms with Crippen LogP contribution in [0.1, 0.15) is 56.6 Å². The van der Waals surface area contributed by atoms with Gasteiger partial charge in [-0.3, -0.25) is 14.4 Å². The van der Waals surface area contributed by atoms with Crippen LogP contribution in [-0.4, -0.2) is 34.5 Å². The van der Waals surface area contributed by atoms with Crippen molar-refractivity contribution in [3.63, 3.8) is 0 Å². The number of Topliss-reactive ketones (excluding diaryl/α,β-unsaturated/α-hetero) is 2. The third kappa shape index (κ3) is 3.72. The summed E-state index contributed by atoms with van der Waals surface area (Å²) >= 11 is 1.35. The molecule has 4 heterocycles. The first-order valence-electron chi connectivity index (χ1n) is 13.8. The summed E-state index contributed by atoms with van der Waals surface area (Å²) in [7, 11) is 0. The number of para-hydroxylation sites is 1. The van der Waals surface area contributed by atoms with Gasteiger partial charge in [-0.25, -0.2) is 0 Å². The molecule has 0 saturated carbocycles. The second-order valence-electron chi connectivity index (χ2n) is 11.0. The van der Waals surface area contributed by atoms with Crippen molar-refractivity contribution in [3.05, 3.63) is 124 Å². The standard InChI is InChI=1S/C34H28N2O4S/c1-20(2)40-23-15-13-22(14-16-23)30(37)28-29(31(38)27-12-7-19-41-27)36-18-17-21-8-3-4-9-24(21)32(36)34(28)25-10-5-6-11-26(25)35-33(34)39/h3-20,28-29,32H,1-2H3,(H,35,39). The summed E-state index contributed by atoms with van der Waals surface area (Å²) in [5, 5.41) is 4.94. The number of anilines is 1. The van der Waals surface area contributed by atoms with Gasteiger partial charge in [-0.2, -0.15) is 0 Å². The number of hydrogen-bond acceptors (Lipinski definition) is 6. The van der Waals surface area contributed by atoms with Gasteiger partial charge in [0.05, 0.1) is 22.9 Å². The largest absolute Gasteiger partial charge is 0.491 e. The van der Waals surface area contributed by atoms with E-state index in [1.54, 1.807) is 30.3 Å². The Morgan fingerprint density at radius 2 is 1.68 bits per heavy atom. The van der Waals surface area contributed by atoms with E-state index in [9.17, 15) is 14.4 Å². The van der Waals surface area contributed by atoms with Crippen LogP contribution in [0.15, 0.2) is 96.5 Å². The normalized spacial score (nSPS) is 23.7. The fraction of sp³-hybridized carbons (Fsp3) is 0.206. The molecular weight excluding hydrogens is 532 g/mol. The zero-order valence-corrected chi connectivity index (χ0v) is 23.4. The minimum atomic E-state index is -1.33. The van der Waals surface area contributed by atoms with E-state index in [0.29, 0.717) is 21.9 Å². The van der Waals surface area contributed by atoms with E-state index in [2.05, 4.69) is 5.32 Å². The summed E-state index contributed by atoms with van der Waals surface area (Å²) in [6.45, 7) is 3.89. The number of nitrogens with one attached hydrogen (secondary N) is 1. The third-order valence-corrected chi connectivity index (χ3v) is 9.28. The molecule has 1 spiro atoms. The topological polar surface area (TPSA) is 75.7 Å². The summed E-state index contributed by atoms with van der Waals surface area (Å²) in [6.07, 6.45) is 3.85. The highest BCUT2D eigenvalue weighted by molar-refractivity contribution is 7.12. The van der Waals surface area contributed by atoms with E-state index >= 15 is 0 Å². The van der Waals surface area contributed by atoms with Crippen molar-refractivity contribution < 1.29 is 19.1 Å². The smallest absolute Gasteiger partial charge is 0.238 e. The first-order chi connectivity index (χ1) is 19.9. The predicted molar refractivity (Wildman–Crippen MR) is 159 cm³/mol. The monoisotopic (exact) mass is 560 g/mol. The van der Waals surface area contributed by atoms with Crippen LogP contribution in [0, 0.1) is 5.92 Å². The average Bonchev–Trinajstić information content (AvgIpc) is 3.69. The van der Waals surface area contributed by atoms with Gasteiger partial charge < -0.3 is 15.0 Å². The highest BCUT2D eigenvalue weighted by Gasteiger charge is 2.70. The van der Waals surface area contributed by atoms with Crippen LogP contribution >= 0.6 is 11.3 Å². The van der Waals surface area contributed by atoms with Crippen LogP contribution in [0.2, 0.25) is 0 Å². The number of thiophene rings is 1. The van der Waals surface area contributed by atoms with Crippen molar-refractivity contribution in [2.45, 2.75) is 37.5 Å². The first kappa shape index (κ1) is 25.5. The molecule has 4 aromatic rings. The maximum atomic E-state index is 14.8. The van der Waals surface area contributed by atoms with Crippen molar-refractivity contribution in [3.8, 4) is 5.75 Å². The molecule has 0 radical (unpaired) electrons. The molecule has 6 nitrogen and oxygen atoms in total. The maximum absolute atomic E-state index is 14.8. The molecular formula is C34H28N2O4S. The zero-order valence-electron chi connectivity index (χ0n) is 22.6. The van der Waals surface area contributed by atoms with Gasteiger partial charge in [0.25, 0.3) is 0 Å². The number of rotatable bonds is 6. The number of carbonyl (C=O) groups excluding carboxylic acids is 3. The molecule has 7 heteroatoms. The molecule has 3 aromatic carbocycles. The lowest BCUT2D eigenvalue weighted by Gasteiger charge is -2.38. The van der Waals surface area contributed by atoms with Crippen LogP contribution in [-0.2, 0) is 10.2 Å². The fourth-order valence-corrected chi connectivity index (χ4v) is 7.58. The molecule has 7 rings (SSSR count). The van der Waals surface area contributed by atoms with Crippen LogP contribution in [0.5, 0.6) is 5.75 Å². The molecule has 4 unspecified atom stereocenters. The van der Waals surface area contributed by atoms with E-state index in [1.807, 2.05) is 91.0 Å². The Morgan fingerprint density at radius 1 is 0.927 bits per heavy atom. The Bertz CT molecular complexity index is 1710. The van der Waals surface area contributed by atoms with Crippen LogP contribution in [0.25, 0.3) is 6.08 Å². The molecule has 3 aliphatic heterocycles. The van der Waals surface area contributed by atoms with E-state index in [4.69, 9.17) is 4.74 Å². The number of hydrogen-bond donors (Lipinski definition) is 1. The van der Waals surface area contributed by atoms with Gasteiger partial charge in [-0.1, -0.05) is 48.5 Å². The molecule has 41 heavy (non-hydrogen) atoms. The van der Waals surface area contributed by atoms with Crippen molar-refractivity contribution in [2.24, 2.45) is 5.92 Å². The third-order valence-electron chi connectivity index (χ3n) is 8.40. The van der Waals surface area contributed by atoms with Crippen LogP contribution < -0.4 is 10.1 Å². The number of carbonyl (C=O) groups is 3. The van der Waals surface area contributed by atoms with E-state index < -0.39 is 23.4 Å². The maximum Gasteiger partial charge on any atom is 0.238 e. The minimum Gasteiger partial charge on any atom is -0.491 e. The molecule has 1 saturated heterocycles. The van der Waals surface area contributed by atoms with Gasteiger partial charge in [-0.05, 0) is 78.4 Å². The predicted octanol–water partition coefficient (Wildman–Crippen LogP) is 6.52.